The van der Waals surface area contributed by atoms with Crippen molar-refractivity contribution in [2.45, 2.75) is 6.61 Å². The summed E-state index contributed by atoms with van der Waals surface area (Å²) in [6, 6.07) is 11.0. The van der Waals surface area contributed by atoms with Gasteiger partial charge in [0, 0.05) is 4.88 Å². The normalized spacial score (nSPS) is 10.2. The molecule has 3 N–H and O–H groups in total. The van der Waals surface area contributed by atoms with E-state index >= 15 is 0 Å². The Morgan fingerprint density at radius 1 is 1.29 bits per heavy atom. The van der Waals surface area contributed by atoms with E-state index in [2.05, 4.69) is 0 Å². The fourth-order valence-electron chi connectivity index (χ4n) is 1.39. The van der Waals surface area contributed by atoms with Crippen LogP contribution in [0.1, 0.15) is 10.4 Å². The Balaban J connectivity index is 2.11. The van der Waals surface area contributed by atoms with Crippen molar-refractivity contribution in [3.8, 4) is 5.75 Å². The maximum Gasteiger partial charge on any atom is 0.130 e. The summed E-state index contributed by atoms with van der Waals surface area (Å²) in [7, 11) is 0. The highest BCUT2D eigenvalue weighted by Gasteiger charge is 2.06. The molecular formula is C12H11ClN2OS. The zero-order chi connectivity index (χ0) is 12.3. The van der Waals surface area contributed by atoms with E-state index in [4.69, 9.17) is 27.5 Å². The number of nitrogen functional groups attached to an aromatic ring is 1. The number of para-hydroxylation sites is 1. The van der Waals surface area contributed by atoms with Crippen molar-refractivity contribution in [3.05, 3.63) is 51.2 Å². The summed E-state index contributed by atoms with van der Waals surface area (Å²) < 4.78 is 6.37. The summed E-state index contributed by atoms with van der Waals surface area (Å²) in [5, 5.41) is 7.44. The summed E-state index contributed by atoms with van der Waals surface area (Å²) in [4.78, 5) is 1.04. The highest BCUT2D eigenvalue weighted by atomic mass is 35.5. The Morgan fingerprint density at radius 3 is 2.71 bits per heavy atom. The van der Waals surface area contributed by atoms with Crippen LogP contribution in [-0.2, 0) is 6.61 Å². The second-order valence-electron chi connectivity index (χ2n) is 3.40. The molecule has 0 fully saturated rings. The largest absolute Gasteiger partial charge is 0.487 e. The van der Waals surface area contributed by atoms with Gasteiger partial charge in [-0.1, -0.05) is 23.7 Å². The zero-order valence-corrected chi connectivity index (χ0v) is 10.5. The van der Waals surface area contributed by atoms with Crippen LogP contribution >= 0.6 is 22.9 Å². The topological polar surface area (TPSA) is 59.1 Å². The Bertz CT molecular complexity index is 539. The van der Waals surface area contributed by atoms with E-state index in [1.54, 1.807) is 12.1 Å². The van der Waals surface area contributed by atoms with Crippen LogP contribution in [-0.4, -0.2) is 5.84 Å². The molecule has 1 aromatic carbocycles. The number of hydrogen-bond donors (Lipinski definition) is 2. The first kappa shape index (κ1) is 12.0. The van der Waals surface area contributed by atoms with E-state index in [0.29, 0.717) is 17.9 Å². The van der Waals surface area contributed by atoms with Gasteiger partial charge in [0.05, 0.1) is 9.90 Å². The van der Waals surface area contributed by atoms with Crippen molar-refractivity contribution >= 4 is 28.8 Å². The molecule has 2 rings (SSSR count). The SMILES string of the molecule is N=C(N)c1ccccc1OCc1ccc(Cl)s1. The fourth-order valence-corrected chi connectivity index (χ4v) is 2.39. The monoisotopic (exact) mass is 266 g/mol. The molecule has 0 unspecified atom stereocenters. The number of benzene rings is 1. The quantitative estimate of drug-likeness (QED) is 0.659. The maximum absolute atomic E-state index is 7.44. The average Bonchev–Trinajstić information content (AvgIpc) is 2.73. The molecule has 3 nitrogen and oxygen atoms in total. The van der Waals surface area contributed by atoms with E-state index < -0.39 is 0 Å². The van der Waals surface area contributed by atoms with Crippen molar-refractivity contribution in [2.24, 2.45) is 5.73 Å². The van der Waals surface area contributed by atoms with Gasteiger partial charge in [0.15, 0.2) is 0 Å². The Kier molecular flexibility index (Phi) is 3.66. The first-order chi connectivity index (χ1) is 8.16. The first-order valence-electron chi connectivity index (χ1n) is 4.97. The Morgan fingerprint density at radius 2 is 2.06 bits per heavy atom. The van der Waals surface area contributed by atoms with Gasteiger partial charge in [-0.2, -0.15) is 0 Å². The van der Waals surface area contributed by atoms with Gasteiger partial charge in [-0.3, -0.25) is 5.41 Å². The molecule has 0 saturated heterocycles. The molecule has 0 aliphatic carbocycles. The number of hydrogen-bond acceptors (Lipinski definition) is 3. The van der Waals surface area contributed by atoms with Crippen LogP contribution in [0.3, 0.4) is 0 Å². The van der Waals surface area contributed by atoms with Gasteiger partial charge >= 0.3 is 0 Å². The maximum atomic E-state index is 7.44. The molecule has 5 heteroatoms. The van der Waals surface area contributed by atoms with Crippen molar-refractivity contribution in [2.75, 3.05) is 0 Å². The van der Waals surface area contributed by atoms with Crippen molar-refractivity contribution in [1.82, 2.24) is 0 Å². The highest BCUT2D eigenvalue weighted by molar-refractivity contribution is 7.16. The predicted octanol–water partition coefficient (Wildman–Crippen LogP) is 3.26. The van der Waals surface area contributed by atoms with Crippen LogP contribution in [0, 0.1) is 5.41 Å². The molecule has 17 heavy (non-hydrogen) atoms. The average molecular weight is 267 g/mol. The van der Waals surface area contributed by atoms with Gasteiger partial charge in [-0.05, 0) is 24.3 Å². The number of amidine groups is 1. The lowest BCUT2D eigenvalue weighted by molar-refractivity contribution is 0.309. The molecule has 0 amide bonds. The molecule has 0 atom stereocenters. The van der Waals surface area contributed by atoms with Crippen LogP contribution in [0.15, 0.2) is 36.4 Å². The van der Waals surface area contributed by atoms with E-state index in [0.717, 1.165) is 9.21 Å². The molecule has 0 aliphatic heterocycles. The first-order valence-corrected chi connectivity index (χ1v) is 6.16. The third kappa shape index (κ3) is 2.99. The van der Waals surface area contributed by atoms with Gasteiger partial charge in [0.25, 0.3) is 0 Å². The second-order valence-corrected chi connectivity index (χ2v) is 5.20. The van der Waals surface area contributed by atoms with Gasteiger partial charge in [-0.25, -0.2) is 0 Å². The standard InChI is InChI=1S/C12H11ClN2OS/c13-11-6-5-8(17-11)7-16-10-4-2-1-3-9(10)12(14)15/h1-6H,7H2,(H3,14,15). The molecule has 0 bridgehead atoms. The molecule has 0 saturated carbocycles. The number of thiophene rings is 1. The van der Waals surface area contributed by atoms with Crippen LogP contribution in [0.5, 0.6) is 5.75 Å². The van der Waals surface area contributed by atoms with Crippen LogP contribution < -0.4 is 10.5 Å². The van der Waals surface area contributed by atoms with E-state index in [1.807, 2.05) is 24.3 Å². The van der Waals surface area contributed by atoms with Gasteiger partial charge in [-0.15, -0.1) is 11.3 Å². The van der Waals surface area contributed by atoms with Crippen molar-refractivity contribution < 1.29 is 4.74 Å². The highest BCUT2D eigenvalue weighted by Crippen LogP contribution is 2.24. The lowest BCUT2D eigenvalue weighted by atomic mass is 10.2. The number of nitrogens with two attached hydrogens (primary N) is 1. The number of nitrogens with one attached hydrogen (secondary N) is 1. The van der Waals surface area contributed by atoms with Crippen molar-refractivity contribution in [3.63, 3.8) is 0 Å². The lowest BCUT2D eigenvalue weighted by Crippen LogP contribution is -2.12. The number of halogens is 1. The molecule has 1 aromatic heterocycles. The second kappa shape index (κ2) is 5.21. The van der Waals surface area contributed by atoms with Crippen LogP contribution in [0.25, 0.3) is 0 Å². The molecule has 0 spiro atoms. The molecule has 2 aromatic rings. The van der Waals surface area contributed by atoms with Crippen molar-refractivity contribution in [1.29, 1.82) is 5.41 Å². The minimum atomic E-state index is 0.00446. The van der Waals surface area contributed by atoms with Gasteiger partial charge in [0.2, 0.25) is 0 Å². The lowest BCUT2D eigenvalue weighted by Gasteiger charge is -2.09. The molecular weight excluding hydrogens is 256 g/mol. The minimum Gasteiger partial charge on any atom is -0.487 e. The molecule has 0 radical (unpaired) electrons. The predicted molar refractivity (Wildman–Crippen MR) is 71.1 cm³/mol. The summed E-state index contributed by atoms with van der Waals surface area (Å²) in [6.45, 7) is 0.432. The minimum absolute atomic E-state index is 0.00446. The van der Waals surface area contributed by atoms with Crippen LogP contribution in [0.4, 0.5) is 0 Å². The van der Waals surface area contributed by atoms with E-state index in [9.17, 15) is 0 Å². The zero-order valence-electron chi connectivity index (χ0n) is 8.94. The number of ether oxygens (including phenoxy) is 1. The third-order valence-electron chi connectivity index (χ3n) is 2.18. The van der Waals surface area contributed by atoms with Crippen LogP contribution in [0.2, 0.25) is 4.34 Å². The third-order valence-corrected chi connectivity index (χ3v) is 3.38. The number of rotatable bonds is 4. The smallest absolute Gasteiger partial charge is 0.130 e. The molecule has 1 heterocycles. The summed E-state index contributed by atoms with van der Waals surface area (Å²) >= 11 is 7.31. The summed E-state index contributed by atoms with van der Waals surface area (Å²) in [6.07, 6.45) is 0. The Labute approximate surface area is 108 Å². The van der Waals surface area contributed by atoms with E-state index in [-0.39, 0.29) is 5.84 Å². The summed E-state index contributed by atoms with van der Waals surface area (Å²) in [5.74, 6) is 0.620. The summed E-state index contributed by atoms with van der Waals surface area (Å²) in [5.41, 5.74) is 6.08. The van der Waals surface area contributed by atoms with Gasteiger partial charge < -0.3 is 10.5 Å². The van der Waals surface area contributed by atoms with Gasteiger partial charge in [0.1, 0.15) is 18.2 Å². The Hall–Kier alpha value is -1.52. The van der Waals surface area contributed by atoms with E-state index in [1.165, 1.54) is 11.3 Å². The molecule has 88 valence electrons. The fraction of sp³-hybridized carbons (Fsp3) is 0.0833. The molecule has 0 aliphatic rings.